The molecule has 2 fully saturated rings. The van der Waals surface area contributed by atoms with Crippen LogP contribution in [0.1, 0.15) is 52.9 Å². The second-order valence-corrected chi connectivity index (χ2v) is 11.4. The lowest BCUT2D eigenvalue weighted by Gasteiger charge is -2.35. The number of ether oxygens (including phenoxy) is 1. The zero-order chi connectivity index (χ0) is 21.3. The van der Waals surface area contributed by atoms with Gasteiger partial charge in [0.1, 0.15) is 10.7 Å². The van der Waals surface area contributed by atoms with Crippen LogP contribution in [0.3, 0.4) is 0 Å². The van der Waals surface area contributed by atoms with Crippen molar-refractivity contribution in [2.45, 2.75) is 69.5 Å². The first-order chi connectivity index (χ1) is 13.5. The number of aliphatic hydroxyl groups excluding tert-OH is 1. The van der Waals surface area contributed by atoms with Crippen LogP contribution in [0.2, 0.25) is 5.02 Å². The van der Waals surface area contributed by atoms with Gasteiger partial charge in [0.25, 0.3) is 0 Å². The molecule has 2 heterocycles. The van der Waals surface area contributed by atoms with Gasteiger partial charge in [-0.05, 0) is 51.0 Å². The van der Waals surface area contributed by atoms with Crippen LogP contribution in [0.15, 0.2) is 17.2 Å². The number of hydrogen-bond acceptors (Lipinski definition) is 6. The third kappa shape index (κ3) is 5.61. The van der Waals surface area contributed by atoms with E-state index in [1.54, 1.807) is 0 Å². The summed E-state index contributed by atoms with van der Waals surface area (Å²) in [5.74, 6) is 0.736. The standard InChI is InChI=1S/C20H32ClN3O4S/c1-14(2)7-15(25)9-22-18-17(21)8-16(10-23-18)29(26,27)24-12-20-6-4-5-19(3,11-20)28-13-20/h8,10,14-15,24-25H,4-7,9,11-13H2,1-3H3,(H,22,23). The van der Waals surface area contributed by atoms with Gasteiger partial charge in [-0.2, -0.15) is 0 Å². The second-order valence-electron chi connectivity index (χ2n) is 9.26. The Hall–Kier alpha value is -0.930. The predicted molar refractivity (Wildman–Crippen MR) is 114 cm³/mol. The molecule has 1 aliphatic heterocycles. The van der Waals surface area contributed by atoms with Crippen molar-refractivity contribution in [2.75, 3.05) is 25.0 Å². The molecule has 1 saturated heterocycles. The molecule has 0 amide bonds. The van der Waals surface area contributed by atoms with Crippen molar-refractivity contribution in [3.05, 3.63) is 17.3 Å². The van der Waals surface area contributed by atoms with Gasteiger partial charge in [-0.1, -0.05) is 25.4 Å². The first kappa shape index (κ1) is 22.7. The van der Waals surface area contributed by atoms with Gasteiger partial charge < -0.3 is 15.2 Å². The lowest BCUT2D eigenvalue weighted by Crippen LogP contribution is -2.41. The van der Waals surface area contributed by atoms with Gasteiger partial charge in [0, 0.05) is 24.7 Å². The highest BCUT2D eigenvalue weighted by Crippen LogP contribution is 2.49. The molecule has 1 aromatic heterocycles. The fourth-order valence-corrected chi connectivity index (χ4v) is 5.88. The average Bonchev–Trinajstić information content (AvgIpc) is 2.87. The van der Waals surface area contributed by atoms with Crippen LogP contribution in [-0.4, -0.2) is 49.9 Å². The Morgan fingerprint density at radius 2 is 2.14 bits per heavy atom. The van der Waals surface area contributed by atoms with Crippen molar-refractivity contribution in [3.8, 4) is 0 Å². The third-order valence-corrected chi connectivity index (χ3v) is 7.56. The van der Waals surface area contributed by atoms with Gasteiger partial charge in [-0.3, -0.25) is 0 Å². The molecule has 1 saturated carbocycles. The summed E-state index contributed by atoms with van der Waals surface area (Å²) in [6, 6.07) is 1.39. The molecular weight excluding hydrogens is 414 g/mol. The Morgan fingerprint density at radius 3 is 2.83 bits per heavy atom. The van der Waals surface area contributed by atoms with E-state index >= 15 is 0 Å². The van der Waals surface area contributed by atoms with E-state index in [1.165, 1.54) is 12.3 Å². The minimum Gasteiger partial charge on any atom is -0.391 e. The van der Waals surface area contributed by atoms with Crippen LogP contribution in [0.4, 0.5) is 5.82 Å². The second kappa shape index (κ2) is 8.67. The summed E-state index contributed by atoms with van der Waals surface area (Å²) in [5, 5.41) is 13.2. The summed E-state index contributed by atoms with van der Waals surface area (Å²) in [7, 11) is -3.73. The number of fused-ring (bicyclic) bond motifs is 2. The smallest absolute Gasteiger partial charge is 0.242 e. The Bertz CT molecular complexity index is 835. The molecule has 3 N–H and O–H groups in total. The molecule has 1 aromatic rings. The molecule has 9 heteroatoms. The molecule has 0 radical (unpaired) electrons. The van der Waals surface area contributed by atoms with Gasteiger partial charge in [0.2, 0.25) is 10.0 Å². The number of nitrogens with one attached hydrogen (secondary N) is 2. The van der Waals surface area contributed by atoms with Crippen LogP contribution in [0.5, 0.6) is 0 Å². The van der Waals surface area contributed by atoms with E-state index in [-0.39, 0.29) is 20.9 Å². The van der Waals surface area contributed by atoms with Gasteiger partial charge in [-0.25, -0.2) is 18.1 Å². The number of anilines is 1. The predicted octanol–water partition coefficient (Wildman–Crippen LogP) is 3.18. The molecule has 3 unspecified atom stereocenters. The van der Waals surface area contributed by atoms with E-state index in [9.17, 15) is 13.5 Å². The minimum atomic E-state index is -3.73. The highest BCUT2D eigenvalue weighted by atomic mass is 35.5. The average molecular weight is 446 g/mol. The first-order valence-electron chi connectivity index (χ1n) is 10.2. The molecule has 3 rings (SSSR count). The van der Waals surface area contributed by atoms with Gasteiger partial charge in [0.05, 0.1) is 23.3 Å². The molecule has 0 aromatic carbocycles. The summed E-state index contributed by atoms with van der Waals surface area (Å²) >= 11 is 6.23. The third-order valence-electron chi connectivity index (χ3n) is 5.90. The number of halogens is 1. The Balaban J connectivity index is 1.61. The summed E-state index contributed by atoms with van der Waals surface area (Å²) in [6.07, 6.45) is 5.35. The number of rotatable bonds is 9. The van der Waals surface area contributed by atoms with E-state index in [0.29, 0.717) is 37.9 Å². The SMILES string of the molecule is CC(C)CC(O)CNc1ncc(S(=O)(=O)NCC23CCCC(C)(C2)OC3)cc1Cl. The van der Waals surface area contributed by atoms with Crippen molar-refractivity contribution in [2.24, 2.45) is 11.3 Å². The first-order valence-corrected chi connectivity index (χ1v) is 12.1. The van der Waals surface area contributed by atoms with Gasteiger partial charge in [0.15, 0.2) is 0 Å². The lowest BCUT2D eigenvalue weighted by molar-refractivity contribution is 0.0147. The number of aromatic nitrogens is 1. The minimum absolute atomic E-state index is 0.0321. The molecule has 3 atom stereocenters. The number of pyridine rings is 1. The molecular formula is C20H32ClN3O4S. The van der Waals surface area contributed by atoms with Crippen molar-refractivity contribution >= 4 is 27.4 Å². The Kier molecular flexibility index (Phi) is 6.80. The van der Waals surface area contributed by atoms with Crippen molar-refractivity contribution < 1.29 is 18.3 Å². The van der Waals surface area contributed by atoms with Crippen LogP contribution in [0.25, 0.3) is 0 Å². The summed E-state index contributed by atoms with van der Waals surface area (Å²) in [6.45, 7) is 7.42. The monoisotopic (exact) mass is 445 g/mol. The number of nitrogens with zero attached hydrogens (tertiary/aromatic N) is 1. The van der Waals surface area contributed by atoms with Crippen LogP contribution < -0.4 is 10.0 Å². The summed E-state index contributed by atoms with van der Waals surface area (Å²) in [4.78, 5) is 4.18. The quantitative estimate of drug-likeness (QED) is 0.539. The van der Waals surface area contributed by atoms with E-state index < -0.39 is 16.1 Å². The zero-order valence-corrected chi connectivity index (χ0v) is 18.9. The lowest BCUT2D eigenvalue weighted by atomic mass is 9.71. The fraction of sp³-hybridized carbons (Fsp3) is 0.750. The highest BCUT2D eigenvalue weighted by molar-refractivity contribution is 7.89. The van der Waals surface area contributed by atoms with E-state index in [0.717, 1.165) is 25.7 Å². The molecule has 164 valence electrons. The molecule has 7 nitrogen and oxygen atoms in total. The summed E-state index contributed by atoms with van der Waals surface area (Å²) < 4.78 is 34.2. The Morgan fingerprint density at radius 1 is 1.38 bits per heavy atom. The van der Waals surface area contributed by atoms with Crippen LogP contribution in [-0.2, 0) is 14.8 Å². The van der Waals surface area contributed by atoms with Crippen LogP contribution in [0, 0.1) is 11.3 Å². The molecule has 2 aliphatic rings. The summed E-state index contributed by atoms with van der Waals surface area (Å²) in [5.41, 5.74) is -0.257. The Labute approximate surface area is 178 Å². The van der Waals surface area contributed by atoms with Gasteiger partial charge >= 0.3 is 0 Å². The van der Waals surface area contributed by atoms with E-state index in [1.807, 2.05) is 13.8 Å². The molecule has 2 bridgehead atoms. The van der Waals surface area contributed by atoms with Crippen LogP contribution >= 0.6 is 11.6 Å². The maximum atomic E-state index is 12.8. The largest absolute Gasteiger partial charge is 0.391 e. The van der Waals surface area contributed by atoms with E-state index in [4.69, 9.17) is 16.3 Å². The van der Waals surface area contributed by atoms with Crippen molar-refractivity contribution in [1.82, 2.24) is 9.71 Å². The maximum Gasteiger partial charge on any atom is 0.242 e. The zero-order valence-electron chi connectivity index (χ0n) is 17.4. The number of sulfonamides is 1. The maximum absolute atomic E-state index is 12.8. The molecule has 1 aliphatic carbocycles. The van der Waals surface area contributed by atoms with Gasteiger partial charge in [-0.15, -0.1) is 0 Å². The highest BCUT2D eigenvalue weighted by Gasteiger charge is 2.49. The topological polar surface area (TPSA) is 101 Å². The van der Waals surface area contributed by atoms with Crippen molar-refractivity contribution in [3.63, 3.8) is 0 Å². The van der Waals surface area contributed by atoms with Crippen molar-refractivity contribution in [1.29, 1.82) is 0 Å². The van der Waals surface area contributed by atoms with E-state index in [2.05, 4.69) is 21.9 Å². The molecule has 0 spiro atoms. The number of hydrogen-bond donors (Lipinski definition) is 3. The normalized spacial score (nSPS) is 27.9. The molecule has 29 heavy (non-hydrogen) atoms. The fourth-order valence-electron chi connectivity index (χ4n) is 4.45. The number of aliphatic hydroxyl groups is 1.